The second-order valence-electron chi connectivity index (χ2n) is 8.35. The molecule has 3 aliphatic rings. The van der Waals surface area contributed by atoms with Gasteiger partial charge in [0.25, 0.3) is 0 Å². The van der Waals surface area contributed by atoms with E-state index in [1.165, 1.54) is 12.8 Å². The number of hydrogen-bond donors (Lipinski definition) is 1. The lowest BCUT2D eigenvalue weighted by atomic mass is 9.82. The van der Waals surface area contributed by atoms with Crippen molar-refractivity contribution in [3.8, 4) is 5.75 Å². The largest absolute Gasteiger partial charge is 0.491 e. The predicted molar refractivity (Wildman–Crippen MR) is 105 cm³/mol. The Bertz CT molecular complexity index is 773. The summed E-state index contributed by atoms with van der Waals surface area (Å²) in [6.45, 7) is 3.53. The number of carbonyl (C=O) groups is 2. The first-order valence-electron chi connectivity index (χ1n) is 10.5. The molecule has 4 rings (SSSR count). The van der Waals surface area contributed by atoms with Crippen LogP contribution in [0.3, 0.4) is 0 Å². The van der Waals surface area contributed by atoms with Crippen molar-refractivity contribution in [2.45, 2.75) is 38.0 Å². The van der Waals surface area contributed by atoms with E-state index in [0.717, 1.165) is 25.1 Å². The van der Waals surface area contributed by atoms with Gasteiger partial charge < -0.3 is 24.2 Å². The van der Waals surface area contributed by atoms with Gasteiger partial charge in [-0.3, -0.25) is 9.78 Å². The molecule has 0 aromatic carbocycles. The molecule has 3 heterocycles. The molecule has 2 aliphatic heterocycles. The fraction of sp³-hybridized carbons (Fsp3) is 0.667. The molecule has 178 valence electrons. The van der Waals surface area contributed by atoms with E-state index in [4.69, 9.17) is 24.1 Å². The van der Waals surface area contributed by atoms with Gasteiger partial charge in [-0.1, -0.05) is 12.8 Å². The lowest BCUT2D eigenvalue weighted by Crippen LogP contribution is -2.39. The molecule has 1 amide bonds. The van der Waals surface area contributed by atoms with Crippen molar-refractivity contribution >= 4 is 11.9 Å². The Morgan fingerprint density at radius 1 is 1.31 bits per heavy atom. The summed E-state index contributed by atoms with van der Waals surface area (Å²) in [6, 6.07) is 3.77. The molecule has 0 spiro atoms. The van der Waals surface area contributed by atoms with Crippen LogP contribution in [0.25, 0.3) is 0 Å². The molecule has 1 N–H and O–H groups in total. The number of aromatic nitrogens is 1. The highest BCUT2D eigenvalue weighted by Crippen LogP contribution is 2.41. The normalized spacial score (nSPS) is 25.2. The van der Waals surface area contributed by atoms with E-state index in [2.05, 4.69) is 4.98 Å². The SMILES string of the molecule is O=C(COC1CCCC1)N1C[C@@H]2COC[C@]2(COc2cccnc2)C1.O=C(O)C(F)(F)F. The number of carboxylic acid groups (broad SMARTS) is 1. The molecule has 0 radical (unpaired) electrons. The predicted octanol–water partition coefficient (Wildman–Crippen LogP) is 2.53. The number of carbonyl (C=O) groups excluding carboxylic acids is 1. The Labute approximate surface area is 183 Å². The number of amides is 1. The molecule has 32 heavy (non-hydrogen) atoms. The Kier molecular flexibility index (Phi) is 7.94. The number of nitrogens with zero attached hydrogens (tertiary/aromatic N) is 2. The fourth-order valence-corrected chi connectivity index (χ4v) is 4.22. The van der Waals surface area contributed by atoms with Gasteiger partial charge in [0, 0.05) is 25.2 Å². The van der Waals surface area contributed by atoms with Crippen LogP contribution in [0.2, 0.25) is 0 Å². The van der Waals surface area contributed by atoms with Crippen molar-refractivity contribution in [2.24, 2.45) is 11.3 Å². The van der Waals surface area contributed by atoms with Gasteiger partial charge in [-0.2, -0.15) is 13.2 Å². The number of halogens is 3. The zero-order valence-corrected chi connectivity index (χ0v) is 17.6. The number of carboxylic acids is 1. The maximum absolute atomic E-state index is 12.6. The van der Waals surface area contributed by atoms with Crippen LogP contribution < -0.4 is 4.74 Å². The first-order chi connectivity index (χ1) is 15.2. The van der Waals surface area contributed by atoms with Crippen molar-refractivity contribution in [1.82, 2.24) is 9.88 Å². The highest BCUT2D eigenvalue weighted by atomic mass is 19.4. The lowest BCUT2D eigenvalue weighted by molar-refractivity contribution is -0.192. The van der Waals surface area contributed by atoms with Gasteiger partial charge in [0.05, 0.1) is 37.5 Å². The standard InChI is InChI=1S/C19H26N2O4.C2HF3O2/c22-18(11-24-16-4-1-2-5-16)21-9-15-10-23-13-19(15,12-21)14-25-17-6-3-7-20-8-17;3-2(4,5)1(6)7/h3,6-8,15-16H,1-2,4-5,9-14H2;(H,6,7)/t15-,19+;/m1./s1. The van der Waals surface area contributed by atoms with Crippen molar-refractivity contribution in [3.63, 3.8) is 0 Å². The van der Waals surface area contributed by atoms with E-state index in [-0.39, 0.29) is 24.0 Å². The number of rotatable bonds is 6. The third kappa shape index (κ3) is 6.32. The minimum Gasteiger partial charge on any atom is -0.491 e. The Hall–Kier alpha value is -2.40. The summed E-state index contributed by atoms with van der Waals surface area (Å²) in [6.07, 6.45) is 3.26. The first kappa shape index (κ1) is 24.2. The number of hydrogen-bond acceptors (Lipinski definition) is 6. The summed E-state index contributed by atoms with van der Waals surface area (Å²) in [7, 11) is 0. The van der Waals surface area contributed by atoms with Gasteiger partial charge in [0.2, 0.25) is 5.91 Å². The maximum Gasteiger partial charge on any atom is 0.490 e. The van der Waals surface area contributed by atoms with Crippen LogP contribution in [0.15, 0.2) is 24.5 Å². The van der Waals surface area contributed by atoms with Crippen molar-refractivity contribution in [2.75, 3.05) is 39.5 Å². The van der Waals surface area contributed by atoms with Gasteiger partial charge in [0.1, 0.15) is 12.4 Å². The third-order valence-corrected chi connectivity index (χ3v) is 6.02. The van der Waals surface area contributed by atoms with Crippen molar-refractivity contribution in [3.05, 3.63) is 24.5 Å². The summed E-state index contributed by atoms with van der Waals surface area (Å²) < 4.78 is 49.2. The molecule has 2 saturated heterocycles. The molecule has 2 atom stereocenters. The van der Waals surface area contributed by atoms with Crippen molar-refractivity contribution < 1.29 is 42.1 Å². The zero-order chi connectivity index (χ0) is 23.2. The van der Waals surface area contributed by atoms with Gasteiger partial charge >= 0.3 is 12.1 Å². The molecule has 0 bridgehead atoms. The number of alkyl halides is 3. The minimum atomic E-state index is -5.08. The monoisotopic (exact) mass is 460 g/mol. The number of aliphatic carboxylic acids is 1. The van der Waals surface area contributed by atoms with Gasteiger partial charge in [0.15, 0.2) is 0 Å². The molecule has 3 fully saturated rings. The van der Waals surface area contributed by atoms with E-state index in [1.807, 2.05) is 17.0 Å². The molecule has 11 heteroatoms. The van der Waals surface area contributed by atoms with Crippen LogP contribution >= 0.6 is 0 Å². The topological polar surface area (TPSA) is 98.2 Å². The first-order valence-corrected chi connectivity index (χ1v) is 10.5. The van der Waals surface area contributed by atoms with E-state index < -0.39 is 12.1 Å². The highest BCUT2D eigenvalue weighted by Gasteiger charge is 2.52. The third-order valence-electron chi connectivity index (χ3n) is 6.02. The lowest BCUT2D eigenvalue weighted by Gasteiger charge is -2.27. The quantitative estimate of drug-likeness (QED) is 0.697. The molecule has 1 aromatic heterocycles. The van der Waals surface area contributed by atoms with E-state index in [9.17, 15) is 18.0 Å². The van der Waals surface area contributed by atoms with E-state index in [1.54, 1.807) is 12.4 Å². The minimum absolute atomic E-state index is 0.0991. The van der Waals surface area contributed by atoms with Crippen LogP contribution in [-0.2, 0) is 19.1 Å². The average molecular weight is 460 g/mol. The maximum atomic E-state index is 12.6. The number of pyridine rings is 1. The summed E-state index contributed by atoms with van der Waals surface area (Å²) in [5.41, 5.74) is -0.112. The molecule has 1 aliphatic carbocycles. The number of ether oxygens (including phenoxy) is 3. The fourth-order valence-electron chi connectivity index (χ4n) is 4.22. The molecule has 1 saturated carbocycles. The average Bonchev–Trinajstić information content (AvgIpc) is 3.47. The van der Waals surface area contributed by atoms with Crippen LogP contribution in [0.4, 0.5) is 13.2 Å². The smallest absolute Gasteiger partial charge is 0.490 e. The van der Waals surface area contributed by atoms with Gasteiger partial charge in [-0.15, -0.1) is 0 Å². The van der Waals surface area contributed by atoms with Crippen LogP contribution in [0.1, 0.15) is 25.7 Å². The van der Waals surface area contributed by atoms with E-state index in [0.29, 0.717) is 32.3 Å². The second kappa shape index (κ2) is 10.5. The molecule has 8 nitrogen and oxygen atoms in total. The molecular formula is C21H27F3N2O6. The van der Waals surface area contributed by atoms with Crippen LogP contribution in [0, 0.1) is 11.3 Å². The van der Waals surface area contributed by atoms with Crippen molar-refractivity contribution in [1.29, 1.82) is 0 Å². The summed E-state index contributed by atoms with van der Waals surface area (Å²) in [5, 5.41) is 7.12. The van der Waals surface area contributed by atoms with Gasteiger partial charge in [-0.25, -0.2) is 4.79 Å². The second-order valence-corrected chi connectivity index (χ2v) is 8.35. The zero-order valence-electron chi connectivity index (χ0n) is 17.6. The van der Waals surface area contributed by atoms with Crippen LogP contribution in [0.5, 0.6) is 5.75 Å². The summed E-state index contributed by atoms with van der Waals surface area (Å²) in [5.74, 6) is -1.56. The van der Waals surface area contributed by atoms with Gasteiger partial charge in [-0.05, 0) is 25.0 Å². The number of likely N-dealkylation sites (tertiary alicyclic amines) is 1. The molecule has 0 unspecified atom stereocenters. The molecular weight excluding hydrogens is 433 g/mol. The Balaban J connectivity index is 0.000000360. The highest BCUT2D eigenvalue weighted by molar-refractivity contribution is 5.78. The van der Waals surface area contributed by atoms with Crippen LogP contribution in [-0.4, -0.2) is 78.7 Å². The molecule has 1 aromatic rings. The number of fused-ring (bicyclic) bond motifs is 1. The Morgan fingerprint density at radius 2 is 2.03 bits per heavy atom. The van der Waals surface area contributed by atoms with E-state index >= 15 is 0 Å². The Morgan fingerprint density at radius 3 is 2.66 bits per heavy atom. The summed E-state index contributed by atoms with van der Waals surface area (Å²) in [4.78, 5) is 27.5. The summed E-state index contributed by atoms with van der Waals surface area (Å²) >= 11 is 0.